The maximum Gasteiger partial charge on any atom is 0.256 e. The van der Waals surface area contributed by atoms with Crippen LogP contribution in [0.3, 0.4) is 0 Å². The lowest BCUT2D eigenvalue weighted by Gasteiger charge is -2.32. The number of piperidine rings is 1. The molecule has 0 unspecified atom stereocenters. The number of benzene rings is 1. The Hall–Kier alpha value is -2.02. The van der Waals surface area contributed by atoms with Gasteiger partial charge in [0, 0.05) is 12.2 Å². The van der Waals surface area contributed by atoms with E-state index in [0.717, 1.165) is 18.4 Å². The highest BCUT2D eigenvalue weighted by Gasteiger charge is 2.41. The molecule has 2 atom stereocenters. The molecule has 2 aliphatic rings. The summed E-state index contributed by atoms with van der Waals surface area (Å²) in [5.74, 6) is -0.0474. The summed E-state index contributed by atoms with van der Waals surface area (Å²) in [4.78, 5) is 14.1. The smallest absolute Gasteiger partial charge is 0.256 e. The highest BCUT2D eigenvalue weighted by molar-refractivity contribution is 6.03. The average Bonchev–Trinajstić information content (AvgIpc) is 2.64. The number of nitrogens with two attached hydrogens (primary N) is 1. The molecular formula is C13H13N3O. The molecule has 3 rings (SSSR count). The Morgan fingerprint density at radius 2 is 2.24 bits per heavy atom. The van der Waals surface area contributed by atoms with Crippen LogP contribution in [0, 0.1) is 17.2 Å². The van der Waals surface area contributed by atoms with E-state index in [9.17, 15) is 4.79 Å². The molecule has 0 spiro atoms. The van der Waals surface area contributed by atoms with Crippen LogP contribution in [0.15, 0.2) is 18.2 Å². The number of anilines is 1. The highest BCUT2D eigenvalue weighted by atomic mass is 16.2. The number of amides is 1. The third-order valence-corrected chi connectivity index (χ3v) is 3.73. The van der Waals surface area contributed by atoms with E-state index in [1.165, 1.54) is 0 Å². The van der Waals surface area contributed by atoms with Crippen molar-refractivity contribution < 1.29 is 4.79 Å². The second-order valence-electron chi connectivity index (χ2n) is 4.69. The zero-order valence-electron chi connectivity index (χ0n) is 9.39. The summed E-state index contributed by atoms with van der Waals surface area (Å²) in [6.07, 6.45) is 1.72. The number of carbonyl (C=O) groups is 1. The van der Waals surface area contributed by atoms with Crippen LogP contribution in [0.4, 0.5) is 5.69 Å². The Morgan fingerprint density at radius 3 is 3.00 bits per heavy atom. The first-order valence-electron chi connectivity index (χ1n) is 5.81. The minimum atomic E-state index is -0.0364. The summed E-state index contributed by atoms with van der Waals surface area (Å²) in [6.45, 7) is 0.536. The van der Waals surface area contributed by atoms with Gasteiger partial charge in [-0.15, -0.1) is 0 Å². The molecule has 4 nitrogen and oxygen atoms in total. The normalized spacial score (nSPS) is 26.3. The summed E-state index contributed by atoms with van der Waals surface area (Å²) in [5.41, 5.74) is 8.11. The molecule has 17 heavy (non-hydrogen) atoms. The van der Waals surface area contributed by atoms with Gasteiger partial charge < -0.3 is 10.6 Å². The first-order valence-corrected chi connectivity index (χ1v) is 5.81. The molecule has 0 saturated carbocycles. The van der Waals surface area contributed by atoms with Gasteiger partial charge in [-0.1, -0.05) is 12.1 Å². The van der Waals surface area contributed by atoms with Crippen molar-refractivity contribution in [3.05, 3.63) is 29.3 Å². The van der Waals surface area contributed by atoms with E-state index in [2.05, 4.69) is 6.07 Å². The zero-order valence-corrected chi connectivity index (χ0v) is 9.39. The molecule has 0 bridgehead atoms. The first kappa shape index (κ1) is 10.2. The van der Waals surface area contributed by atoms with Crippen molar-refractivity contribution in [2.75, 3.05) is 12.3 Å². The van der Waals surface area contributed by atoms with Crippen LogP contribution < -0.4 is 5.73 Å². The number of nitrogens with zero attached hydrogens (tertiary/aromatic N) is 2. The monoisotopic (exact) mass is 227 g/mol. The molecule has 1 aromatic carbocycles. The molecule has 1 saturated heterocycles. The van der Waals surface area contributed by atoms with Crippen LogP contribution >= 0.6 is 0 Å². The fraction of sp³-hybridized carbons (Fsp3) is 0.385. The molecule has 0 radical (unpaired) electrons. The van der Waals surface area contributed by atoms with Gasteiger partial charge in [-0.05, 0) is 24.5 Å². The van der Waals surface area contributed by atoms with E-state index in [-0.39, 0.29) is 17.9 Å². The first-order chi connectivity index (χ1) is 8.22. The fourth-order valence-corrected chi connectivity index (χ4v) is 2.88. The lowest BCUT2D eigenvalue weighted by molar-refractivity contribution is 0.0635. The summed E-state index contributed by atoms with van der Waals surface area (Å²) in [5, 5.41) is 8.96. The number of rotatable bonds is 0. The molecule has 86 valence electrons. The number of carbonyl (C=O) groups excluding carboxylic acids is 1. The van der Waals surface area contributed by atoms with Gasteiger partial charge in [0.25, 0.3) is 5.91 Å². The second kappa shape index (κ2) is 3.49. The van der Waals surface area contributed by atoms with Gasteiger partial charge >= 0.3 is 0 Å². The molecular weight excluding hydrogens is 214 g/mol. The maximum absolute atomic E-state index is 12.2. The van der Waals surface area contributed by atoms with E-state index in [1.807, 2.05) is 12.1 Å². The fourth-order valence-electron chi connectivity index (χ4n) is 2.88. The Kier molecular flexibility index (Phi) is 2.08. The summed E-state index contributed by atoms with van der Waals surface area (Å²) in [7, 11) is 0. The van der Waals surface area contributed by atoms with E-state index in [0.29, 0.717) is 17.8 Å². The van der Waals surface area contributed by atoms with Crippen molar-refractivity contribution in [2.45, 2.75) is 18.9 Å². The Bertz CT molecular complexity index is 532. The predicted octanol–water partition coefficient (Wildman–Crippen LogP) is 1.70. The van der Waals surface area contributed by atoms with E-state index in [4.69, 9.17) is 11.0 Å². The SMILES string of the molecule is N#C[C@@H]1CC[C@H]2c3cccc(N)c3C(=O)N2C1. The van der Waals surface area contributed by atoms with E-state index >= 15 is 0 Å². The van der Waals surface area contributed by atoms with Gasteiger partial charge in [0.1, 0.15) is 0 Å². The summed E-state index contributed by atoms with van der Waals surface area (Å²) < 4.78 is 0. The molecule has 1 fully saturated rings. The van der Waals surface area contributed by atoms with Crippen LogP contribution in [-0.2, 0) is 0 Å². The van der Waals surface area contributed by atoms with Crippen molar-refractivity contribution in [1.82, 2.24) is 4.90 Å². The lowest BCUT2D eigenvalue weighted by atomic mass is 9.92. The van der Waals surface area contributed by atoms with Crippen molar-refractivity contribution in [1.29, 1.82) is 5.26 Å². The van der Waals surface area contributed by atoms with Crippen molar-refractivity contribution >= 4 is 11.6 Å². The van der Waals surface area contributed by atoms with Gasteiger partial charge in [0.15, 0.2) is 0 Å². The third kappa shape index (κ3) is 1.32. The number of nitriles is 1. The van der Waals surface area contributed by atoms with Gasteiger partial charge in [0.2, 0.25) is 0 Å². The lowest BCUT2D eigenvalue weighted by Crippen LogP contribution is -2.36. The van der Waals surface area contributed by atoms with E-state index < -0.39 is 0 Å². The van der Waals surface area contributed by atoms with Gasteiger partial charge in [-0.3, -0.25) is 4.79 Å². The van der Waals surface area contributed by atoms with Gasteiger partial charge in [-0.25, -0.2) is 0 Å². The predicted molar refractivity (Wildman–Crippen MR) is 63.0 cm³/mol. The molecule has 2 aliphatic heterocycles. The van der Waals surface area contributed by atoms with Gasteiger partial charge in [0.05, 0.1) is 23.6 Å². The van der Waals surface area contributed by atoms with Gasteiger partial charge in [-0.2, -0.15) is 5.26 Å². The molecule has 1 amide bonds. The van der Waals surface area contributed by atoms with Crippen LogP contribution in [-0.4, -0.2) is 17.4 Å². The quantitative estimate of drug-likeness (QED) is 0.686. The molecule has 4 heteroatoms. The molecule has 1 aromatic rings. The molecule has 2 N–H and O–H groups in total. The summed E-state index contributed by atoms with van der Waals surface area (Å²) in [6, 6.07) is 8.01. The number of fused-ring (bicyclic) bond motifs is 3. The molecule has 0 aliphatic carbocycles. The third-order valence-electron chi connectivity index (χ3n) is 3.73. The van der Waals surface area contributed by atoms with E-state index in [1.54, 1.807) is 11.0 Å². The highest BCUT2D eigenvalue weighted by Crippen LogP contribution is 2.42. The number of nitrogen functional groups attached to an aromatic ring is 1. The topological polar surface area (TPSA) is 70.1 Å². The average molecular weight is 227 g/mol. The largest absolute Gasteiger partial charge is 0.398 e. The zero-order chi connectivity index (χ0) is 12.0. The Balaban J connectivity index is 2.04. The molecule has 2 heterocycles. The maximum atomic E-state index is 12.2. The van der Waals surface area contributed by atoms with Crippen molar-refractivity contribution in [2.24, 2.45) is 5.92 Å². The molecule has 0 aromatic heterocycles. The van der Waals surface area contributed by atoms with Crippen molar-refractivity contribution in [3.8, 4) is 6.07 Å². The number of hydrogen-bond acceptors (Lipinski definition) is 3. The van der Waals surface area contributed by atoms with Crippen LogP contribution in [0.25, 0.3) is 0 Å². The standard InChI is InChI=1S/C13H13N3O/c14-6-8-4-5-11-9-2-1-3-10(15)12(9)13(17)16(11)7-8/h1-3,8,11H,4-5,7,15H2/t8-,11-/m0/s1. The second-order valence-corrected chi connectivity index (χ2v) is 4.69. The Labute approximate surface area is 99.6 Å². The minimum absolute atomic E-state index is 0.0111. The van der Waals surface area contributed by atoms with Crippen LogP contribution in [0.5, 0.6) is 0 Å². The van der Waals surface area contributed by atoms with Crippen LogP contribution in [0.2, 0.25) is 0 Å². The summed E-state index contributed by atoms with van der Waals surface area (Å²) >= 11 is 0. The van der Waals surface area contributed by atoms with Crippen molar-refractivity contribution in [3.63, 3.8) is 0 Å². The minimum Gasteiger partial charge on any atom is -0.398 e. The Morgan fingerprint density at radius 1 is 1.41 bits per heavy atom. The number of hydrogen-bond donors (Lipinski definition) is 1. The van der Waals surface area contributed by atoms with Crippen LogP contribution in [0.1, 0.15) is 34.8 Å².